The molecule has 0 fully saturated rings. The summed E-state index contributed by atoms with van der Waals surface area (Å²) in [6, 6.07) is 11.8. The molecule has 4 rings (SSSR count). The highest BCUT2D eigenvalue weighted by atomic mass is 35.5. The van der Waals surface area contributed by atoms with Crippen LogP contribution in [-0.4, -0.2) is 33.9 Å². The molecule has 1 heterocycles. The molecule has 2 aromatic carbocycles. The van der Waals surface area contributed by atoms with Gasteiger partial charge in [0.2, 0.25) is 0 Å². The van der Waals surface area contributed by atoms with Crippen LogP contribution in [0.5, 0.6) is 5.88 Å². The van der Waals surface area contributed by atoms with Gasteiger partial charge in [-0.2, -0.15) is 0 Å². The summed E-state index contributed by atoms with van der Waals surface area (Å²) in [4.78, 5) is 14.2. The first kappa shape index (κ1) is 19.5. The quantitative estimate of drug-likeness (QED) is 0.585. The van der Waals surface area contributed by atoms with E-state index >= 15 is 0 Å². The lowest BCUT2D eigenvalue weighted by atomic mass is 9.89. The Balaban J connectivity index is 1.85. The zero-order chi connectivity index (χ0) is 20.5. The highest BCUT2D eigenvalue weighted by Crippen LogP contribution is 2.41. The summed E-state index contributed by atoms with van der Waals surface area (Å²) in [5.41, 5.74) is 4.46. The van der Waals surface area contributed by atoms with E-state index in [4.69, 9.17) is 16.3 Å². The molecule has 5 nitrogen and oxygen atoms in total. The number of carbonyl (C=O) groups is 1. The number of halogens is 2. The average molecular weight is 414 g/mol. The van der Waals surface area contributed by atoms with E-state index < -0.39 is 6.09 Å². The van der Waals surface area contributed by atoms with Crippen LogP contribution in [0.2, 0.25) is 5.02 Å². The van der Waals surface area contributed by atoms with Crippen LogP contribution in [0.4, 0.5) is 9.18 Å². The number of amides is 1. The van der Waals surface area contributed by atoms with Crippen molar-refractivity contribution in [3.63, 3.8) is 0 Å². The maximum Gasteiger partial charge on any atom is 0.416 e. The van der Waals surface area contributed by atoms with Crippen LogP contribution in [0.15, 0.2) is 42.5 Å². The number of fused-ring (bicyclic) bond motifs is 3. The summed E-state index contributed by atoms with van der Waals surface area (Å²) in [5.74, 6) is -0.0626. The van der Waals surface area contributed by atoms with Gasteiger partial charge in [-0.1, -0.05) is 17.7 Å². The van der Waals surface area contributed by atoms with Crippen molar-refractivity contribution < 1.29 is 13.9 Å². The van der Waals surface area contributed by atoms with Gasteiger partial charge in [0.05, 0.1) is 16.9 Å². The average Bonchev–Trinajstić information content (AvgIpc) is 3.08. The van der Waals surface area contributed by atoms with Gasteiger partial charge >= 0.3 is 6.09 Å². The predicted octanol–water partition coefficient (Wildman–Crippen LogP) is 5.27. The number of rotatable bonds is 4. The molecular formula is C22H21ClFN3O2. The summed E-state index contributed by atoms with van der Waals surface area (Å²) in [6.45, 7) is 4.88. The topological polar surface area (TPSA) is 47.4 Å². The van der Waals surface area contributed by atoms with Gasteiger partial charge in [0, 0.05) is 18.1 Å². The van der Waals surface area contributed by atoms with Gasteiger partial charge < -0.3 is 9.64 Å². The Kier molecular flexibility index (Phi) is 5.28. The van der Waals surface area contributed by atoms with Crippen LogP contribution in [0.3, 0.4) is 0 Å². The van der Waals surface area contributed by atoms with Crippen LogP contribution in [-0.2, 0) is 12.8 Å². The maximum atomic E-state index is 13.4. The third kappa shape index (κ3) is 3.60. The van der Waals surface area contributed by atoms with Crippen LogP contribution in [0, 0.1) is 5.82 Å². The molecule has 1 amide bonds. The van der Waals surface area contributed by atoms with Crippen molar-refractivity contribution >= 4 is 17.7 Å². The molecule has 3 aromatic rings. The molecule has 0 bridgehead atoms. The van der Waals surface area contributed by atoms with Crippen molar-refractivity contribution in [2.45, 2.75) is 26.7 Å². The van der Waals surface area contributed by atoms with E-state index in [-0.39, 0.29) is 11.7 Å². The van der Waals surface area contributed by atoms with E-state index in [1.54, 1.807) is 21.7 Å². The van der Waals surface area contributed by atoms with E-state index in [9.17, 15) is 9.18 Å². The second kappa shape index (κ2) is 7.87. The number of carbonyl (C=O) groups excluding carboxylic acids is 1. The SMILES string of the molecule is CCN(CC)C(=O)Oc1nn(-c2ccc(F)cc2)c2c1-c1ccc(Cl)cc1CC2. The Bertz CT molecular complexity index is 1060. The van der Waals surface area contributed by atoms with E-state index in [1.807, 2.05) is 32.0 Å². The first-order valence-corrected chi connectivity index (χ1v) is 10.0. The molecule has 0 N–H and O–H groups in total. The molecule has 0 saturated carbocycles. The van der Waals surface area contributed by atoms with Crippen molar-refractivity contribution in [2.75, 3.05) is 13.1 Å². The summed E-state index contributed by atoms with van der Waals surface area (Å²) >= 11 is 6.17. The van der Waals surface area contributed by atoms with Crippen LogP contribution >= 0.6 is 11.6 Å². The monoisotopic (exact) mass is 413 g/mol. The Morgan fingerprint density at radius 3 is 2.59 bits per heavy atom. The Hall–Kier alpha value is -2.86. The van der Waals surface area contributed by atoms with Crippen molar-refractivity contribution in [3.8, 4) is 22.7 Å². The van der Waals surface area contributed by atoms with Gasteiger partial charge in [0.15, 0.2) is 0 Å². The van der Waals surface area contributed by atoms with E-state index in [1.165, 1.54) is 12.1 Å². The van der Waals surface area contributed by atoms with E-state index in [0.717, 1.165) is 28.8 Å². The predicted molar refractivity (Wildman–Crippen MR) is 110 cm³/mol. The Labute approximate surface area is 173 Å². The van der Waals surface area contributed by atoms with Crippen LogP contribution in [0.1, 0.15) is 25.1 Å². The first-order chi connectivity index (χ1) is 14.0. The van der Waals surface area contributed by atoms with Crippen LogP contribution in [0.25, 0.3) is 16.8 Å². The standard InChI is InChI=1S/C22H21ClFN3O2/c1-3-26(4-2)22(28)29-21-20-18-11-6-15(23)13-14(18)5-12-19(20)27(25-21)17-9-7-16(24)8-10-17/h6-11,13H,3-5,12H2,1-2H3. The number of nitrogens with zero attached hydrogens (tertiary/aromatic N) is 3. The lowest BCUT2D eigenvalue weighted by molar-refractivity contribution is 0.155. The normalized spacial score (nSPS) is 12.3. The zero-order valence-electron chi connectivity index (χ0n) is 16.3. The Morgan fingerprint density at radius 1 is 1.17 bits per heavy atom. The highest BCUT2D eigenvalue weighted by molar-refractivity contribution is 6.30. The third-order valence-electron chi connectivity index (χ3n) is 5.19. The molecule has 1 aliphatic rings. The summed E-state index contributed by atoms with van der Waals surface area (Å²) < 4.78 is 20.9. The Morgan fingerprint density at radius 2 is 1.90 bits per heavy atom. The molecule has 0 spiro atoms. The molecular weight excluding hydrogens is 393 g/mol. The number of hydrogen-bond donors (Lipinski definition) is 0. The van der Waals surface area contributed by atoms with E-state index in [0.29, 0.717) is 30.2 Å². The number of hydrogen-bond acceptors (Lipinski definition) is 3. The number of aryl methyl sites for hydroxylation is 1. The van der Waals surface area contributed by atoms with Crippen molar-refractivity contribution in [2.24, 2.45) is 0 Å². The van der Waals surface area contributed by atoms with Crippen molar-refractivity contribution in [1.82, 2.24) is 14.7 Å². The smallest absolute Gasteiger partial charge is 0.389 e. The lowest BCUT2D eigenvalue weighted by Crippen LogP contribution is -2.33. The highest BCUT2D eigenvalue weighted by Gasteiger charge is 2.29. The fourth-order valence-corrected chi connectivity index (χ4v) is 3.89. The van der Waals surface area contributed by atoms with Gasteiger partial charge in [-0.3, -0.25) is 0 Å². The fourth-order valence-electron chi connectivity index (χ4n) is 3.69. The van der Waals surface area contributed by atoms with Gasteiger partial charge in [-0.15, -0.1) is 5.10 Å². The molecule has 0 atom stereocenters. The lowest BCUT2D eigenvalue weighted by Gasteiger charge is -2.20. The van der Waals surface area contributed by atoms with Gasteiger partial charge in [0.1, 0.15) is 5.82 Å². The number of aromatic nitrogens is 2. The summed E-state index contributed by atoms with van der Waals surface area (Å²) in [7, 11) is 0. The molecule has 0 unspecified atom stereocenters. The number of ether oxygens (including phenoxy) is 1. The minimum absolute atomic E-state index is 0.254. The maximum absolute atomic E-state index is 13.4. The molecule has 0 radical (unpaired) electrons. The zero-order valence-corrected chi connectivity index (χ0v) is 17.0. The summed E-state index contributed by atoms with van der Waals surface area (Å²) in [6.07, 6.45) is 1.05. The molecule has 150 valence electrons. The third-order valence-corrected chi connectivity index (χ3v) is 5.43. The van der Waals surface area contributed by atoms with E-state index in [2.05, 4.69) is 5.10 Å². The molecule has 0 saturated heterocycles. The molecule has 0 aliphatic heterocycles. The van der Waals surface area contributed by atoms with Gasteiger partial charge in [-0.05, 0) is 74.2 Å². The van der Waals surface area contributed by atoms with Crippen molar-refractivity contribution in [1.29, 1.82) is 0 Å². The molecule has 1 aliphatic carbocycles. The van der Waals surface area contributed by atoms with Gasteiger partial charge in [0.25, 0.3) is 5.88 Å². The first-order valence-electron chi connectivity index (χ1n) is 9.65. The van der Waals surface area contributed by atoms with Gasteiger partial charge in [-0.25, -0.2) is 13.9 Å². The van der Waals surface area contributed by atoms with Crippen molar-refractivity contribution in [3.05, 3.63) is 64.6 Å². The number of benzene rings is 2. The minimum atomic E-state index is -0.442. The largest absolute Gasteiger partial charge is 0.416 e. The molecule has 7 heteroatoms. The summed E-state index contributed by atoms with van der Waals surface area (Å²) in [5, 5.41) is 5.26. The fraction of sp³-hybridized carbons (Fsp3) is 0.273. The molecule has 29 heavy (non-hydrogen) atoms. The molecule has 1 aromatic heterocycles. The van der Waals surface area contributed by atoms with Crippen LogP contribution < -0.4 is 4.74 Å². The minimum Gasteiger partial charge on any atom is -0.389 e. The second-order valence-corrected chi connectivity index (χ2v) is 7.29. The second-order valence-electron chi connectivity index (χ2n) is 6.86.